The summed E-state index contributed by atoms with van der Waals surface area (Å²) in [5, 5.41) is 16.8. The van der Waals surface area contributed by atoms with Crippen molar-refractivity contribution in [1.29, 1.82) is 10.5 Å². The molecule has 0 rings (SSSR count). The second-order valence-electron chi connectivity index (χ2n) is 2.71. The van der Waals surface area contributed by atoms with E-state index in [1.54, 1.807) is 6.92 Å². The van der Waals surface area contributed by atoms with Crippen molar-refractivity contribution >= 4 is 5.97 Å². The van der Waals surface area contributed by atoms with Crippen LogP contribution in [-0.2, 0) is 9.53 Å². The van der Waals surface area contributed by atoms with E-state index in [4.69, 9.17) is 15.3 Å². The van der Waals surface area contributed by atoms with Gasteiger partial charge in [0.1, 0.15) is 5.60 Å². The smallest absolute Gasteiger partial charge is 0.303 e. The molecule has 0 spiro atoms. The van der Waals surface area contributed by atoms with Gasteiger partial charge in [-0.2, -0.15) is 10.5 Å². The van der Waals surface area contributed by atoms with Gasteiger partial charge in [0, 0.05) is 6.92 Å². The van der Waals surface area contributed by atoms with Crippen molar-refractivity contribution in [2.75, 3.05) is 0 Å². The predicted molar refractivity (Wildman–Crippen MR) is 40.6 cm³/mol. The fourth-order valence-electron chi connectivity index (χ4n) is 0.816. The Balaban J connectivity index is 4.31. The number of nitriles is 2. The third-order valence-corrected chi connectivity index (χ3v) is 1.30. The molecule has 4 heteroatoms. The van der Waals surface area contributed by atoms with E-state index in [1.165, 1.54) is 6.92 Å². The molecular weight excluding hydrogens is 156 g/mol. The monoisotopic (exact) mass is 166 g/mol. The minimum atomic E-state index is -0.949. The van der Waals surface area contributed by atoms with E-state index in [1.807, 2.05) is 12.1 Å². The predicted octanol–water partition coefficient (Wildman–Crippen LogP) is 1.14. The molecular formula is C8H10N2O2. The van der Waals surface area contributed by atoms with Gasteiger partial charge < -0.3 is 4.74 Å². The Morgan fingerprint density at radius 3 is 2.08 bits per heavy atom. The van der Waals surface area contributed by atoms with Crippen LogP contribution < -0.4 is 0 Å². The van der Waals surface area contributed by atoms with Crippen LogP contribution in [0.15, 0.2) is 0 Å². The number of carbonyl (C=O) groups is 1. The Hall–Kier alpha value is -1.55. The minimum Gasteiger partial charge on any atom is -0.457 e. The number of hydrogen-bond donors (Lipinski definition) is 0. The molecule has 0 saturated heterocycles. The molecule has 0 unspecified atom stereocenters. The van der Waals surface area contributed by atoms with Gasteiger partial charge in [-0.1, -0.05) is 0 Å². The zero-order valence-electron chi connectivity index (χ0n) is 7.13. The fourth-order valence-corrected chi connectivity index (χ4v) is 0.816. The van der Waals surface area contributed by atoms with Crippen molar-refractivity contribution in [1.82, 2.24) is 0 Å². The van der Waals surface area contributed by atoms with Crippen molar-refractivity contribution in [3.63, 3.8) is 0 Å². The summed E-state index contributed by atoms with van der Waals surface area (Å²) < 4.78 is 4.83. The number of hydrogen-bond acceptors (Lipinski definition) is 4. The first-order valence-corrected chi connectivity index (χ1v) is 3.47. The van der Waals surface area contributed by atoms with Crippen LogP contribution in [0.5, 0.6) is 0 Å². The summed E-state index contributed by atoms with van der Waals surface area (Å²) in [6.45, 7) is 2.83. The molecule has 0 amide bonds. The summed E-state index contributed by atoms with van der Waals surface area (Å²) in [4.78, 5) is 10.6. The molecule has 0 heterocycles. The van der Waals surface area contributed by atoms with E-state index in [-0.39, 0.29) is 12.8 Å². The van der Waals surface area contributed by atoms with Gasteiger partial charge in [0.15, 0.2) is 0 Å². The summed E-state index contributed by atoms with van der Waals surface area (Å²) in [5.74, 6) is -0.469. The van der Waals surface area contributed by atoms with Crippen molar-refractivity contribution in [2.45, 2.75) is 32.3 Å². The maximum absolute atomic E-state index is 10.6. The Morgan fingerprint density at radius 2 is 1.83 bits per heavy atom. The lowest BCUT2D eigenvalue weighted by molar-refractivity contribution is -0.154. The van der Waals surface area contributed by atoms with Crippen LogP contribution in [0.25, 0.3) is 0 Å². The van der Waals surface area contributed by atoms with Crippen LogP contribution in [0.1, 0.15) is 26.7 Å². The van der Waals surface area contributed by atoms with Gasteiger partial charge in [0.05, 0.1) is 25.0 Å². The molecule has 0 aromatic heterocycles. The number of esters is 1. The molecule has 12 heavy (non-hydrogen) atoms. The van der Waals surface area contributed by atoms with Gasteiger partial charge in [0.25, 0.3) is 0 Å². The van der Waals surface area contributed by atoms with Crippen molar-refractivity contribution < 1.29 is 9.53 Å². The van der Waals surface area contributed by atoms with Crippen molar-refractivity contribution in [3.8, 4) is 12.1 Å². The first-order valence-electron chi connectivity index (χ1n) is 3.47. The van der Waals surface area contributed by atoms with Crippen LogP contribution in [0.2, 0.25) is 0 Å². The molecule has 0 aromatic carbocycles. The molecule has 64 valence electrons. The molecule has 0 aliphatic rings. The van der Waals surface area contributed by atoms with Gasteiger partial charge in [-0.25, -0.2) is 0 Å². The SMILES string of the molecule is CC(=O)OC(C)(CC#N)CC#N. The van der Waals surface area contributed by atoms with E-state index < -0.39 is 11.6 Å². The lowest BCUT2D eigenvalue weighted by Crippen LogP contribution is -2.29. The van der Waals surface area contributed by atoms with Crippen molar-refractivity contribution in [2.24, 2.45) is 0 Å². The van der Waals surface area contributed by atoms with Gasteiger partial charge in [-0.05, 0) is 6.92 Å². The number of carbonyl (C=O) groups excluding carboxylic acids is 1. The van der Waals surface area contributed by atoms with Gasteiger partial charge in [0.2, 0.25) is 0 Å². The van der Waals surface area contributed by atoms with E-state index in [2.05, 4.69) is 0 Å². The lowest BCUT2D eigenvalue weighted by Gasteiger charge is -2.23. The lowest BCUT2D eigenvalue weighted by atomic mass is 9.99. The molecule has 0 atom stereocenters. The van der Waals surface area contributed by atoms with Gasteiger partial charge in [-0.15, -0.1) is 0 Å². The summed E-state index contributed by atoms with van der Waals surface area (Å²) in [7, 11) is 0. The third kappa shape index (κ3) is 3.58. The number of rotatable bonds is 3. The van der Waals surface area contributed by atoms with E-state index in [9.17, 15) is 4.79 Å². The number of ether oxygens (including phenoxy) is 1. The second-order valence-corrected chi connectivity index (χ2v) is 2.71. The molecule has 4 nitrogen and oxygen atoms in total. The fraction of sp³-hybridized carbons (Fsp3) is 0.625. The molecule has 0 N–H and O–H groups in total. The van der Waals surface area contributed by atoms with Crippen LogP contribution >= 0.6 is 0 Å². The molecule has 0 fully saturated rings. The molecule has 0 aromatic rings. The second kappa shape index (κ2) is 4.35. The maximum Gasteiger partial charge on any atom is 0.303 e. The first kappa shape index (κ1) is 10.4. The molecule has 0 bridgehead atoms. The normalized spacial score (nSPS) is 9.67. The van der Waals surface area contributed by atoms with Crippen LogP contribution in [0, 0.1) is 22.7 Å². The molecule has 0 aliphatic heterocycles. The van der Waals surface area contributed by atoms with E-state index in [0.29, 0.717) is 0 Å². The highest BCUT2D eigenvalue weighted by molar-refractivity contribution is 5.66. The van der Waals surface area contributed by atoms with Crippen molar-refractivity contribution in [3.05, 3.63) is 0 Å². The highest BCUT2D eigenvalue weighted by Gasteiger charge is 2.27. The summed E-state index contributed by atoms with van der Waals surface area (Å²) in [6, 6.07) is 3.74. The zero-order chi connectivity index (χ0) is 9.61. The average molecular weight is 166 g/mol. The summed E-state index contributed by atoms with van der Waals surface area (Å²) >= 11 is 0. The number of nitrogens with zero attached hydrogens (tertiary/aromatic N) is 2. The topological polar surface area (TPSA) is 73.9 Å². The van der Waals surface area contributed by atoms with E-state index in [0.717, 1.165) is 0 Å². The standard InChI is InChI=1S/C8H10N2O2/c1-7(11)12-8(2,3-5-9)4-6-10/h3-4H2,1-2H3. The first-order chi connectivity index (χ1) is 5.54. The summed E-state index contributed by atoms with van der Waals surface area (Å²) in [6.07, 6.45) is 0.0836. The summed E-state index contributed by atoms with van der Waals surface area (Å²) in [5.41, 5.74) is -0.949. The van der Waals surface area contributed by atoms with Gasteiger partial charge >= 0.3 is 5.97 Å². The molecule has 0 saturated carbocycles. The largest absolute Gasteiger partial charge is 0.457 e. The quantitative estimate of drug-likeness (QED) is 0.589. The Bertz CT molecular complexity index is 231. The highest BCUT2D eigenvalue weighted by Crippen LogP contribution is 2.18. The zero-order valence-corrected chi connectivity index (χ0v) is 7.13. The van der Waals surface area contributed by atoms with E-state index >= 15 is 0 Å². The van der Waals surface area contributed by atoms with Gasteiger partial charge in [-0.3, -0.25) is 4.79 Å². The van der Waals surface area contributed by atoms with Crippen LogP contribution in [-0.4, -0.2) is 11.6 Å². The Kier molecular flexibility index (Phi) is 3.79. The van der Waals surface area contributed by atoms with Crippen LogP contribution in [0.3, 0.4) is 0 Å². The van der Waals surface area contributed by atoms with Crippen LogP contribution in [0.4, 0.5) is 0 Å². The Morgan fingerprint density at radius 1 is 1.42 bits per heavy atom. The molecule has 0 radical (unpaired) electrons. The minimum absolute atomic E-state index is 0.0418. The average Bonchev–Trinajstić information content (AvgIpc) is 1.85. The third-order valence-electron chi connectivity index (χ3n) is 1.30. The maximum atomic E-state index is 10.6. The Labute approximate surface area is 71.4 Å². The molecule has 0 aliphatic carbocycles. The highest BCUT2D eigenvalue weighted by atomic mass is 16.6.